The molecule has 0 aliphatic rings. The second-order valence-electron chi connectivity index (χ2n) is 28.5. The Kier molecular flexibility index (Phi) is 89.8. The lowest BCUT2D eigenvalue weighted by atomic mass is 8.33. The van der Waals surface area contributed by atoms with Crippen molar-refractivity contribution in [3.63, 3.8) is 0 Å². The Balaban J connectivity index is -0.000000312. The van der Waals surface area contributed by atoms with Gasteiger partial charge in [0.2, 0.25) is 0 Å². The molecule has 0 saturated heterocycles. The van der Waals surface area contributed by atoms with Gasteiger partial charge >= 0.3 is 0 Å². The minimum atomic E-state index is -1.02. The van der Waals surface area contributed by atoms with Crippen LogP contribution >= 0.6 is 62.3 Å². The van der Waals surface area contributed by atoms with Gasteiger partial charge in [-0.3, -0.25) is 0 Å². The van der Waals surface area contributed by atoms with E-state index in [-0.39, 0.29) is 0 Å². The topological polar surface area (TPSA) is 0 Å². The molecular formula is C28H49B78BrCl4. The summed E-state index contributed by atoms with van der Waals surface area (Å²) >= 11 is 25.5. The van der Waals surface area contributed by atoms with Crippen molar-refractivity contribution in [2.75, 3.05) is 28.9 Å². The van der Waals surface area contributed by atoms with Crippen molar-refractivity contribution in [2.24, 2.45) is 0 Å². The second kappa shape index (κ2) is 78.1. The van der Waals surface area contributed by atoms with E-state index in [0.29, 0.717) is 0 Å². The smallest absolute Gasteiger partial charge is 0.0223 e. The first kappa shape index (κ1) is 128. The molecule has 0 bridgehead atoms. The maximum Gasteiger partial charge on any atom is 0.0223 e. The van der Waals surface area contributed by atoms with E-state index in [2.05, 4.69) is 33.7 Å². The summed E-state index contributed by atoms with van der Waals surface area (Å²) < 4.78 is 0. The molecule has 0 fully saturated rings. The maximum atomic E-state index is 6.24. The van der Waals surface area contributed by atoms with Crippen molar-refractivity contribution in [1.82, 2.24) is 0 Å². The third-order valence-electron chi connectivity index (χ3n) is 19.4. The second-order valence-corrected chi connectivity index (χ2v) is 30.8. The summed E-state index contributed by atoms with van der Waals surface area (Å²) in [6, 6.07) is 0. The van der Waals surface area contributed by atoms with Crippen LogP contribution in [-0.4, -0.2) is 584 Å². The van der Waals surface area contributed by atoms with E-state index in [1.54, 1.807) is 0 Å². The van der Waals surface area contributed by atoms with E-state index in [1.165, 1.54) is 91.2 Å². The van der Waals surface area contributed by atoms with Gasteiger partial charge in [-0.25, -0.2) is 0 Å². The summed E-state index contributed by atoms with van der Waals surface area (Å²) in [5.41, 5.74) is 0. The fourth-order valence-corrected chi connectivity index (χ4v) is 15.3. The average molecular weight is 1450 g/mol. The first-order valence-corrected chi connectivity index (χ1v) is 41.2. The lowest BCUT2D eigenvalue weighted by Crippen LogP contribution is -2.86. The van der Waals surface area contributed by atoms with Crippen LogP contribution in [0.2, 0.25) is 0 Å². The average Bonchev–Trinajstić information content (AvgIpc) is 0.793. The zero-order valence-corrected chi connectivity index (χ0v) is 70.6. The molecule has 0 N–H and O–H groups in total. The van der Waals surface area contributed by atoms with Gasteiger partial charge in [0.15, 0.2) is 0 Å². The predicted molar refractivity (Wildman–Crippen MR) is 610 cm³/mol. The van der Waals surface area contributed by atoms with Gasteiger partial charge in [-0.1, -0.05) is 67.3 Å². The summed E-state index contributed by atoms with van der Waals surface area (Å²) in [7, 11) is 245. The molecule has 111 heavy (non-hydrogen) atoms. The van der Waals surface area contributed by atoms with E-state index in [4.69, 9.17) is 370 Å². The van der Waals surface area contributed by atoms with Crippen LogP contribution in [-0.2, 0) is 0 Å². The van der Waals surface area contributed by atoms with Crippen molar-refractivity contribution < 1.29 is 0 Å². The Morgan fingerprint density at radius 2 is 0.405 bits per heavy atom. The molecule has 0 heterocycles. The summed E-state index contributed by atoms with van der Waals surface area (Å²) in [5.74, 6) is 12.3. The van der Waals surface area contributed by atoms with E-state index in [9.17, 15) is 0 Å². The fourth-order valence-electron chi connectivity index (χ4n) is 14.1. The third kappa shape index (κ3) is 57.3. The van der Waals surface area contributed by atoms with Gasteiger partial charge in [0.05, 0.1) is 0 Å². The number of unbranched alkanes of at least 4 members (excludes halogenated alkanes) is 15. The molecule has 0 nitrogen and oxygen atoms in total. The Bertz CT molecular complexity index is 2010. The molecular weight excluding hydrogens is 1400 g/mol. The van der Waals surface area contributed by atoms with Crippen LogP contribution < -0.4 is 0 Å². The number of hydrogen-bond acceptors (Lipinski definition) is 0. The van der Waals surface area contributed by atoms with Gasteiger partial charge < -0.3 is 0 Å². The quantitative estimate of drug-likeness (QED) is 0.0246. The maximum absolute atomic E-state index is 6.24. The number of halogens is 5. The van der Waals surface area contributed by atoms with Crippen LogP contribution in [0.15, 0.2) is 0 Å². The first-order chi connectivity index (χ1) is 51.7. The van der Waals surface area contributed by atoms with Crippen LogP contribution in [0, 0.1) is 24.2 Å². The first-order valence-electron chi connectivity index (χ1n) is 37.9. The molecule has 430 valence electrons. The Morgan fingerprint density at radius 3 is 0.595 bits per heavy atom. The molecule has 0 rings (SSSR count). The van der Waals surface area contributed by atoms with Gasteiger partial charge in [-0.2, -0.15) is 0 Å². The standard InChI is InChI=1S/C14H24Cl2.C8H13Cl.C6H12BrCl.B27.B26.B25/c15-13-11-9-7-5-3-1-2-4-6-8-10-12-14-16;1-2-3-4-5-6-7-8-9;7-5-3-1-2-4-6-8;1-15-22(14)26(23(16(2)3)17(4)5)27(24(18(6)7)19(8)9)25(20(10)11)21(12)13;1-15(2)22(16(3)4)25(21(13)14)26(23(17(5)6)18(7)8)24(19(9)10)20(11)12;1-14-21(15(2)3)24(20(12)13)25(22(16(4)5)17(6)7)23(18(8)9)19(10)11/h3-14H2;1H,3-8H2;1-6H2;;;. The molecule has 0 aromatic carbocycles. The van der Waals surface area contributed by atoms with Gasteiger partial charge in [0.25, 0.3) is 0 Å². The molecule has 0 aliphatic heterocycles. The highest BCUT2D eigenvalue weighted by Gasteiger charge is 2.53. The van der Waals surface area contributed by atoms with Crippen molar-refractivity contribution in [3.8, 4) is 24.2 Å². The van der Waals surface area contributed by atoms with E-state index in [0.717, 1.165) is 73.8 Å². The lowest BCUT2D eigenvalue weighted by molar-refractivity contribution is 0.677. The van der Waals surface area contributed by atoms with Crippen molar-refractivity contribution >= 4 is 617 Å². The van der Waals surface area contributed by atoms with Crippen LogP contribution in [0.4, 0.5) is 0 Å². The predicted octanol–water partition coefficient (Wildman–Crippen LogP) is -18.3. The van der Waals surface area contributed by atoms with Crippen molar-refractivity contribution in [1.29, 1.82) is 0 Å². The number of alkyl halides is 5. The van der Waals surface area contributed by atoms with E-state index >= 15 is 0 Å². The molecule has 84 radical (unpaired) electrons. The molecule has 83 heteroatoms. The lowest BCUT2D eigenvalue weighted by Gasteiger charge is -2.48. The minimum absolute atomic E-state index is 0.648. The number of rotatable bonds is 54. The molecule has 0 saturated carbocycles. The summed E-state index contributed by atoms with van der Waals surface area (Å²) in [6.07, 6.45) is -2.84. The molecule has 0 unspecified atom stereocenters. The van der Waals surface area contributed by atoms with Crippen LogP contribution in [0.3, 0.4) is 0 Å². The zero-order chi connectivity index (χ0) is 87.7. The number of hydrogen-bond donors (Lipinski definition) is 0. The SMILES string of the molecule is C#CCCCCCCCl.ClCCCCCCBr.ClCCCCCCC#CCCCCCCCl.[B]B([B])B(B([B])[B])B(B([B])[B])B(B(B([B])[B])B([B])[B])B(B([B])[B])B([B])[B].[B][B]B(B([B])[B])B(B([B])[B])B(B(B([B])[B])B([B])[B])B(B([B])[B])B([B])[B].[B][B]B([B])B(B(B([B])[B])B([B])[B])B(B(B([B])[B])B([B])[B])B(B([B])[B])B([B])[B]. The van der Waals surface area contributed by atoms with Gasteiger partial charge in [-0.15, -0.1) is 70.6 Å². The Hall–Kier alpha value is 5.82. The summed E-state index contributed by atoms with van der Waals surface area (Å²) in [5, 5.41) is 1.13. The highest BCUT2D eigenvalue weighted by atomic mass is 79.9. The molecule has 0 aliphatic carbocycles. The summed E-state index contributed by atoms with van der Waals surface area (Å²) in [4.78, 5) is 0. The zero-order valence-electron chi connectivity index (χ0n) is 66.0. The van der Waals surface area contributed by atoms with E-state index in [1.807, 2.05) is 0 Å². The monoisotopic (exact) mass is 1460 g/mol. The minimum Gasteiger partial charge on any atom is -0.127 e. The Morgan fingerprint density at radius 1 is 0.216 bits per heavy atom. The third-order valence-corrected chi connectivity index (χ3v) is 21.0. The fraction of sp³-hybridized carbons (Fsp3) is 0.857. The van der Waals surface area contributed by atoms with Crippen molar-refractivity contribution in [2.45, 2.75) is 122 Å². The largest absolute Gasteiger partial charge is 0.127 e. The highest BCUT2D eigenvalue weighted by Crippen LogP contribution is 2.16. The van der Waals surface area contributed by atoms with Gasteiger partial charge in [0, 0.05) is 603 Å². The molecule has 0 atom stereocenters. The van der Waals surface area contributed by atoms with E-state index < -0.39 is 223 Å². The van der Waals surface area contributed by atoms with Crippen LogP contribution in [0.5, 0.6) is 0 Å². The molecule has 0 spiro atoms. The van der Waals surface area contributed by atoms with Gasteiger partial charge in [-0.05, 0) is 51.4 Å². The normalized spacial score (nSPS) is 9.41. The van der Waals surface area contributed by atoms with Crippen LogP contribution in [0.1, 0.15) is 122 Å². The highest BCUT2D eigenvalue weighted by molar-refractivity contribution is 9.09. The van der Waals surface area contributed by atoms with Gasteiger partial charge in [0.1, 0.15) is 0 Å². The van der Waals surface area contributed by atoms with Crippen LogP contribution in [0.25, 0.3) is 0 Å². The summed E-state index contributed by atoms with van der Waals surface area (Å²) in [6.45, 7) is 0. The molecule has 0 aromatic heterocycles. The molecule has 0 amide bonds. The number of terminal acetylenes is 1. The molecule has 0 aromatic rings. The Labute approximate surface area is 783 Å². The van der Waals surface area contributed by atoms with Crippen molar-refractivity contribution in [3.05, 3.63) is 0 Å².